The van der Waals surface area contributed by atoms with Crippen molar-refractivity contribution < 1.29 is 51.2 Å². The fourth-order valence-corrected chi connectivity index (χ4v) is 5.10. The number of benzene rings is 1. The molecule has 2 unspecified atom stereocenters. The fourth-order valence-electron chi connectivity index (χ4n) is 3.97. The van der Waals surface area contributed by atoms with Crippen molar-refractivity contribution in [1.29, 1.82) is 0 Å². The van der Waals surface area contributed by atoms with Gasteiger partial charge in [-0.1, -0.05) is 19.1 Å². The van der Waals surface area contributed by atoms with E-state index in [0.29, 0.717) is 23.2 Å². The molecule has 3 rings (SSSR count). The van der Waals surface area contributed by atoms with E-state index in [1.807, 2.05) is 73.1 Å². The lowest BCUT2D eigenvalue weighted by Gasteiger charge is -2.31. The van der Waals surface area contributed by atoms with Crippen LogP contribution in [0.15, 0.2) is 34.9 Å². The molecule has 0 saturated carbocycles. The third-order valence-corrected chi connectivity index (χ3v) is 7.61. The lowest BCUT2D eigenvalue weighted by Crippen LogP contribution is -2.40. The van der Waals surface area contributed by atoms with Crippen LogP contribution in [0.5, 0.6) is 0 Å². The zero-order chi connectivity index (χ0) is 28.2. The van der Waals surface area contributed by atoms with Crippen LogP contribution < -0.4 is 4.89 Å². The van der Waals surface area contributed by atoms with Gasteiger partial charge in [-0.3, -0.25) is 4.57 Å². The van der Waals surface area contributed by atoms with Crippen LogP contribution in [-0.4, -0.2) is 82.9 Å². The number of hydrogen-bond donors (Lipinski definition) is 0. The first-order chi connectivity index (χ1) is 17.7. The number of rotatable bonds is 14. The maximum Gasteiger partial charge on any atom is 0.347 e. The first-order valence-corrected chi connectivity index (χ1v) is 14.7. The minimum Gasteiger partial charge on any atom is -0.756 e. The van der Waals surface area contributed by atoms with Crippen LogP contribution in [0.1, 0.15) is 39.7 Å². The van der Waals surface area contributed by atoms with Crippen LogP contribution in [0.3, 0.4) is 0 Å². The minimum atomic E-state index is -4.52. The number of hydrogen-bond acceptors (Lipinski definition) is 11. The average molecular weight is 578 g/mol. The highest BCUT2D eigenvalue weighted by Crippen LogP contribution is 2.53. The third-order valence-electron chi connectivity index (χ3n) is 5.97. The van der Waals surface area contributed by atoms with Gasteiger partial charge in [-0.15, -0.1) is 0 Å². The summed E-state index contributed by atoms with van der Waals surface area (Å²) in [5.41, 5.74) is 0.850. The molecule has 1 spiro atoms. The Morgan fingerprint density at radius 3 is 2.47 bits per heavy atom. The molecular weight excluding hydrogens is 537 g/mol. The van der Waals surface area contributed by atoms with Crippen LogP contribution in [-0.2, 0) is 41.8 Å². The van der Waals surface area contributed by atoms with Gasteiger partial charge in [-0.05, 0) is 44.9 Å². The highest BCUT2D eigenvalue weighted by molar-refractivity contribution is 7.94. The monoisotopic (exact) mass is 577 g/mol. The Kier molecular flexibility index (Phi) is 10.5. The Balaban J connectivity index is 1.81. The molecule has 38 heavy (non-hydrogen) atoms. The van der Waals surface area contributed by atoms with Gasteiger partial charge in [0.15, 0.2) is 5.76 Å². The van der Waals surface area contributed by atoms with Crippen molar-refractivity contribution in [2.24, 2.45) is 0 Å². The molecule has 11 nitrogen and oxygen atoms in total. The molecule has 2 aliphatic heterocycles. The Bertz CT molecular complexity index is 1010. The molecule has 216 valence electrons. The summed E-state index contributed by atoms with van der Waals surface area (Å²) in [4.78, 5) is 17.8. The van der Waals surface area contributed by atoms with Gasteiger partial charge in [-0.2, -0.15) is 4.33 Å². The first-order valence-electron chi connectivity index (χ1n) is 12.5. The standard InChI is InChI=1S/C25H40NO10PS/c1-9-24(4)22(19-10-12-21(13-11-19)38-36-29-8)23(33-18(2)3)25(35-24)30-16-20(34-25)17-32-37(27,28)31-15-14-26(5,6)7/h10-13,18,20H,9,14-17H2,1-8H3/t20-,24-,25?/m0/s1. The molecule has 1 aromatic rings. The second kappa shape index (κ2) is 12.7. The Labute approximate surface area is 229 Å². The molecular formula is C25H40NO10PS. The lowest BCUT2D eigenvalue weighted by atomic mass is 9.88. The highest BCUT2D eigenvalue weighted by Gasteiger charge is 2.60. The van der Waals surface area contributed by atoms with Crippen LogP contribution in [0.2, 0.25) is 0 Å². The van der Waals surface area contributed by atoms with Gasteiger partial charge >= 0.3 is 5.97 Å². The van der Waals surface area contributed by atoms with Gasteiger partial charge in [0.1, 0.15) is 24.9 Å². The van der Waals surface area contributed by atoms with Crippen LogP contribution in [0.4, 0.5) is 0 Å². The summed E-state index contributed by atoms with van der Waals surface area (Å²) in [7, 11) is 2.75. The van der Waals surface area contributed by atoms with E-state index in [4.69, 9.17) is 32.3 Å². The summed E-state index contributed by atoms with van der Waals surface area (Å²) in [6.45, 7) is 8.03. The maximum absolute atomic E-state index is 12.3. The molecule has 13 heteroatoms. The van der Waals surface area contributed by atoms with E-state index in [2.05, 4.69) is 4.89 Å². The van der Waals surface area contributed by atoms with E-state index in [-0.39, 0.29) is 25.9 Å². The second-order valence-electron chi connectivity index (χ2n) is 10.6. The number of likely N-dealkylation sites (N-methyl/N-ethyl adjacent to an activating group) is 1. The molecule has 1 aromatic carbocycles. The van der Waals surface area contributed by atoms with E-state index >= 15 is 0 Å². The first kappa shape index (κ1) is 31.5. The summed E-state index contributed by atoms with van der Waals surface area (Å²) in [6.07, 6.45) is -0.332. The third kappa shape index (κ3) is 8.02. The number of quaternary nitrogens is 1. The molecule has 0 N–H and O–H groups in total. The summed E-state index contributed by atoms with van der Waals surface area (Å²) >= 11 is 1.10. The van der Waals surface area contributed by atoms with Gasteiger partial charge < -0.3 is 37.4 Å². The Hall–Kier alpha value is -1.02. The van der Waals surface area contributed by atoms with Crippen LogP contribution in [0, 0.1) is 0 Å². The number of ether oxygens (including phenoxy) is 4. The normalized spacial score (nSPS) is 27.5. The van der Waals surface area contributed by atoms with E-state index < -0.39 is 25.5 Å². The summed E-state index contributed by atoms with van der Waals surface area (Å²) in [6, 6.07) is 7.68. The summed E-state index contributed by atoms with van der Waals surface area (Å²) in [5.74, 6) is -1.24. The molecule has 0 bridgehead atoms. The number of phosphoric ester groups is 1. The minimum absolute atomic E-state index is 0.0154. The van der Waals surface area contributed by atoms with Gasteiger partial charge in [0, 0.05) is 10.5 Å². The topological polar surface area (TPSA) is 114 Å². The van der Waals surface area contributed by atoms with Crippen molar-refractivity contribution >= 4 is 25.4 Å². The van der Waals surface area contributed by atoms with Crippen LogP contribution >= 0.6 is 19.9 Å². The predicted octanol–water partition coefficient (Wildman–Crippen LogP) is 3.88. The SMILES string of the molecule is CC[C@]1(C)OC2(OC[C@@H](COP(=O)([O-])OCC[N+](C)(C)C)O2)C(OC(C)C)=C1c1ccc(SOOC)cc1. The van der Waals surface area contributed by atoms with Crippen molar-refractivity contribution in [3.05, 3.63) is 35.6 Å². The molecule has 1 fully saturated rings. The highest BCUT2D eigenvalue weighted by atomic mass is 32.2. The zero-order valence-corrected chi connectivity index (χ0v) is 25.1. The van der Waals surface area contributed by atoms with Gasteiger partial charge in [-0.25, -0.2) is 4.89 Å². The predicted molar refractivity (Wildman–Crippen MR) is 139 cm³/mol. The van der Waals surface area contributed by atoms with E-state index in [0.717, 1.165) is 28.1 Å². The summed E-state index contributed by atoms with van der Waals surface area (Å²) < 4.78 is 52.9. The van der Waals surface area contributed by atoms with Crippen molar-refractivity contribution in [2.75, 3.05) is 54.6 Å². The molecule has 0 aromatic heterocycles. The maximum atomic E-state index is 12.3. The zero-order valence-electron chi connectivity index (χ0n) is 23.4. The molecule has 1 saturated heterocycles. The smallest absolute Gasteiger partial charge is 0.347 e. The lowest BCUT2D eigenvalue weighted by molar-refractivity contribution is -0.870. The Morgan fingerprint density at radius 2 is 1.89 bits per heavy atom. The molecule has 0 amide bonds. The van der Waals surface area contributed by atoms with Crippen LogP contribution in [0.25, 0.3) is 5.57 Å². The van der Waals surface area contributed by atoms with Crippen molar-refractivity contribution in [2.45, 2.75) is 62.8 Å². The average Bonchev–Trinajstić information content (AvgIpc) is 3.34. The fraction of sp³-hybridized carbons (Fsp3) is 0.680. The quantitative estimate of drug-likeness (QED) is 0.106. The van der Waals surface area contributed by atoms with E-state index in [1.54, 1.807) is 0 Å². The van der Waals surface area contributed by atoms with Gasteiger partial charge in [0.2, 0.25) is 0 Å². The van der Waals surface area contributed by atoms with E-state index in [9.17, 15) is 9.46 Å². The number of nitrogens with zero attached hydrogens (tertiary/aromatic N) is 1. The second-order valence-corrected chi connectivity index (χ2v) is 12.8. The molecule has 2 heterocycles. The molecule has 2 aliphatic rings. The summed E-state index contributed by atoms with van der Waals surface area (Å²) in [5, 5.41) is 0. The molecule has 4 atom stereocenters. The van der Waals surface area contributed by atoms with E-state index in [1.165, 1.54) is 7.11 Å². The van der Waals surface area contributed by atoms with Gasteiger partial charge in [0.25, 0.3) is 7.82 Å². The van der Waals surface area contributed by atoms with Crippen molar-refractivity contribution in [3.8, 4) is 0 Å². The Morgan fingerprint density at radius 1 is 1.21 bits per heavy atom. The molecule has 0 aliphatic carbocycles. The largest absolute Gasteiger partial charge is 0.756 e. The van der Waals surface area contributed by atoms with Crippen molar-refractivity contribution in [1.82, 2.24) is 0 Å². The van der Waals surface area contributed by atoms with Gasteiger partial charge in [0.05, 0.1) is 59.6 Å². The number of phosphoric acid groups is 1. The van der Waals surface area contributed by atoms with Crippen molar-refractivity contribution in [3.63, 3.8) is 0 Å². The molecule has 0 radical (unpaired) electrons.